The number of carbonyl (C=O) groups is 2. The van der Waals surface area contributed by atoms with E-state index in [-0.39, 0.29) is 17.4 Å². The zero-order valence-corrected chi connectivity index (χ0v) is 17.7. The molecule has 0 spiro atoms. The molecule has 3 aromatic carbocycles. The monoisotopic (exact) mass is 414 g/mol. The van der Waals surface area contributed by atoms with Crippen LogP contribution in [0.15, 0.2) is 78.9 Å². The number of rotatable bonds is 5. The maximum Gasteiger partial charge on any atom is 0.343 e. The van der Waals surface area contributed by atoms with E-state index in [2.05, 4.69) is 24.3 Å². The summed E-state index contributed by atoms with van der Waals surface area (Å²) in [5.74, 6) is 0.418. The standard InChI is InChI=1S/C27H26O4/c1-20(28)30-24-14-10-22(11-15-24)27(18-6-3-7-19-27)23-12-16-25(17-13-23)31-26(29)21-8-4-2-5-9-21/h2,4-5,8-17H,3,6-7,18-19H2,1H3. The molecule has 0 radical (unpaired) electrons. The van der Waals surface area contributed by atoms with Gasteiger partial charge in [-0.1, -0.05) is 61.7 Å². The molecular weight excluding hydrogens is 388 g/mol. The normalized spacial score (nSPS) is 15.1. The van der Waals surface area contributed by atoms with E-state index in [1.165, 1.54) is 24.5 Å². The molecule has 0 aromatic heterocycles. The summed E-state index contributed by atoms with van der Waals surface area (Å²) in [5.41, 5.74) is 2.88. The summed E-state index contributed by atoms with van der Waals surface area (Å²) in [4.78, 5) is 23.6. The summed E-state index contributed by atoms with van der Waals surface area (Å²) >= 11 is 0. The van der Waals surface area contributed by atoms with Crippen molar-refractivity contribution in [2.75, 3.05) is 0 Å². The Morgan fingerprint density at radius 2 is 1.19 bits per heavy atom. The second-order valence-corrected chi connectivity index (χ2v) is 8.04. The molecule has 4 nitrogen and oxygen atoms in total. The van der Waals surface area contributed by atoms with Gasteiger partial charge in [-0.25, -0.2) is 4.79 Å². The van der Waals surface area contributed by atoms with Crippen LogP contribution in [0.4, 0.5) is 0 Å². The van der Waals surface area contributed by atoms with Gasteiger partial charge >= 0.3 is 11.9 Å². The fraction of sp³-hybridized carbons (Fsp3) is 0.259. The topological polar surface area (TPSA) is 52.6 Å². The van der Waals surface area contributed by atoms with Gasteiger partial charge in [0, 0.05) is 12.3 Å². The number of benzene rings is 3. The molecule has 0 heterocycles. The first-order valence-electron chi connectivity index (χ1n) is 10.7. The smallest absolute Gasteiger partial charge is 0.343 e. The Morgan fingerprint density at radius 1 is 0.677 bits per heavy atom. The van der Waals surface area contributed by atoms with Crippen molar-refractivity contribution < 1.29 is 19.1 Å². The Morgan fingerprint density at radius 3 is 1.71 bits per heavy atom. The van der Waals surface area contributed by atoms with Crippen molar-refractivity contribution >= 4 is 11.9 Å². The van der Waals surface area contributed by atoms with Gasteiger partial charge in [0.05, 0.1) is 5.56 Å². The minimum absolute atomic E-state index is 0.0883. The van der Waals surface area contributed by atoms with Gasteiger partial charge in [0.15, 0.2) is 0 Å². The number of hydrogen-bond acceptors (Lipinski definition) is 4. The molecule has 3 aromatic rings. The molecule has 0 saturated heterocycles. The predicted octanol–water partition coefficient (Wildman–Crippen LogP) is 6.08. The Labute approximate surface area is 182 Å². The van der Waals surface area contributed by atoms with Crippen molar-refractivity contribution in [2.45, 2.75) is 44.4 Å². The van der Waals surface area contributed by atoms with Gasteiger partial charge in [0.1, 0.15) is 11.5 Å². The van der Waals surface area contributed by atoms with Crippen LogP contribution in [0.5, 0.6) is 11.5 Å². The molecule has 1 saturated carbocycles. The molecule has 4 heteroatoms. The second kappa shape index (κ2) is 9.17. The Hall–Kier alpha value is -3.40. The number of ether oxygens (including phenoxy) is 2. The SMILES string of the molecule is CC(=O)Oc1ccc(C2(c3ccc(OC(=O)c4ccccc4)cc3)CCCCC2)cc1. The fourth-order valence-electron chi connectivity index (χ4n) is 4.49. The lowest BCUT2D eigenvalue weighted by Gasteiger charge is -2.38. The van der Waals surface area contributed by atoms with Gasteiger partial charge in [-0.15, -0.1) is 0 Å². The third kappa shape index (κ3) is 4.69. The highest BCUT2D eigenvalue weighted by Crippen LogP contribution is 2.45. The highest BCUT2D eigenvalue weighted by molar-refractivity contribution is 5.90. The van der Waals surface area contributed by atoms with E-state index in [4.69, 9.17) is 9.47 Å². The summed E-state index contributed by atoms with van der Waals surface area (Å²) in [5, 5.41) is 0. The summed E-state index contributed by atoms with van der Waals surface area (Å²) in [6.07, 6.45) is 5.68. The third-order valence-electron chi connectivity index (χ3n) is 6.00. The van der Waals surface area contributed by atoms with Gasteiger partial charge in [-0.3, -0.25) is 4.79 Å². The molecule has 0 amide bonds. The van der Waals surface area contributed by atoms with Gasteiger partial charge in [0.2, 0.25) is 0 Å². The largest absolute Gasteiger partial charge is 0.427 e. The minimum atomic E-state index is -0.359. The highest BCUT2D eigenvalue weighted by Gasteiger charge is 2.35. The molecule has 0 atom stereocenters. The molecule has 1 aliphatic rings. The van der Waals surface area contributed by atoms with Crippen LogP contribution in [-0.2, 0) is 10.2 Å². The average Bonchev–Trinajstić information content (AvgIpc) is 2.81. The van der Waals surface area contributed by atoms with Crippen molar-refractivity contribution in [3.63, 3.8) is 0 Å². The van der Waals surface area contributed by atoms with Crippen LogP contribution in [0, 0.1) is 0 Å². The van der Waals surface area contributed by atoms with Crippen molar-refractivity contribution in [1.82, 2.24) is 0 Å². The van der Waals surface area contributed by atoms with E-state index < -0.39 is 0 Å². The molecule has 0 N–H and O–H groups in total. The van der Waals surface area contributed by atoms with Crippen LogP contribution in [0.25, 0.3) is 0 Å². The highest BCUT2D eigenvalue weighted by atomic mass is 16.5. The van der Waals surface area contributed by atoms with E-state index in [1.807, 2.05) is 42.5 Å². The zero-order chi connectivity index (χ0) is 21.7. The van der Waals surface area contributed by atoms with Crippen LogP contribution < -0.4 is 9.47 Å². The van der Waals surface area contributed by atoms with Gasteiger partial charge in [0.25, 0.3) is 0 Å². The fourth-order valence-corrected chi connectivity index (χ4v) is 4.49. The van der Waals surface area contributed by atoms with Crippen LogP contribution in [0.2, 0.25) is 0 Å². The van der Waals surface area contributed by atoms with Crippen molar-refractivity contribution in [1.29, 1.82) is 0 Å². The molecule has 0 unspecified atom stereocenters. The molecule has 0 aliphatic heterocycles. The number of esters is 2. The molecule has 31 heavy (non-hydrogen) atoms. The average molecular weight is 415 g/mol. The lowest BCUT2D eigenvalue weighted by atomic mass is 9.65. The molecule has 4 rings (SSSR count). The van der Waals surface area contributed by atoms with Crippen molar-refractivity contribution in [3.8, 4) is 11.5 Å². The van der Waals surface area contributed by atoms with Crippen molar-refractivity contribution in [3.05, 3.63) is 95.6 Å². The quantitative estimate of drug-likeness (QED) is 0.375. The van der Waals surface area contributed by atoms with Gasteiger partial charge in [-0.05, 0) is 60.4 Å². The van der Waals surface area contributed by atoms with E-state index >= 15 is 0 Å². The summed E-state index contributed by atoms with van der Waals surface area (Å²) in [7, 11) is 0. The van der Waals surface area contributed by atoms with E-state index in [0.717, 1.165) is 25.7 Å². The first-order chi connectivity index (χ1) is 15.1. The van der Waals surface area contributed by atoms with Crippen LogP contribution in [-0.4, -0.2) is 11.9 Å². The summed E-state index contributed by atoms with van der Waals surface area (Å²) in [6.45, 7) is 1.41. The van der Waals surface area contributed by atoms with Crippen LogP contribution in [0.1, 0.15) is 60.5 Å². The summed E-state index contributed by atoms with van der Waals surface area (Å²) in [6, 6.07) is 24.7. The lowest BCUT2D eigenvalue weighted by molar-refractivity contribution is -0.131. The first kappa shape index (κ1) is 20.9. The van der Waals surface area contributed by atoms with Gasteiger partial charge < -0.3 is 9.47 Å². The predicted molar refractivity (Wildman–Crippen MR) is 119 cm³/mol. The Balaban J connectivity index is 1.58. The van der Waals surface area contributed by atoms with Crippen LogP contribution >= 0.6 is 0 Å². The molecule has 1 aliphatic carbocycles. The summed E-state index contributed by atoms with van der Waals surface area (Å²) < 4.78 is 10.7. The second-order valence-electron chi connectivity index (χ2n) is 8.04. The van der Waals surface area contributed by atoms with Crippen molar-refractivity contribution in [2.24, 2.45) is 0 Å². The van der Waals surface area contributed by atoms with Gasteiger partial charge in [-0.2, -0.15) is 0 Å². The van der Waals surface area contributed by atoms with Crippen LogP contribution in [0.3, 0.4) is 0 Å². The maximum atomic E-state index is 12.3. The Kier molecular flexibility index (Phi) is 6.17. The van der Waals surface area contributed by atoms with E-state index in [0.29, 0.717) is 17.1 Å². The molecule has 0 bridgehead atoms. The number of hydrogen-bond donors (Lipinski definition) is 0. The van der Waals surface area contributed by atoms with E-state index in [1.54, 1.807) is 12.1 Å². The van der Waals surface area contributed by atoms with E-state index in [9.17, 15) is 9.59 Å². The minimum Gasteiger partial charge on any atom is -0.427 e. The maximum absolute atomic E-state index is 12.3. The molecule has 1 fully saturated rings. The Bertz CT molecular complexity index is 1030. The molecule has 158 valence electrons. The lowest BCUT2D eigenvalue weighted by Crippen LogP contribution is -2.30. The third-order valence-corrected chi connectivity index (χ3v) is 6.00. The number of carbonyl (C=O) groups excluding carboxylic acids is 2. The molecular formula is C27H26O4. The first-order valence-corrected chi connectivity index (χ1v) is 10.7. The zero-order valence-electron chi connectivity index (χ0n) is 17.7.